The van der Waals surface area contributed by atoms with E-state index in [1.807, 2.05) is 30.3 Å². The van der Waals surface area contributed by atoms with Crippen LogP contribution < -0.4 is 10.1 Å². The number of methoxy groups -OCH3 is 1. The van der Waals surface area contributed by atoms with Crippen molar-refractivity contribution >= 4 is 11.7 Å². The van der Waals surface area contributed by atoms with E-state index in [4.69, 9.17) is 10.00 Å². The van der Waals surface area contributed by atoms with Gasteiger partial charge in [0.05, 0.1) is 13.2 Å². The fourth-order valence-electron chi connectivity index (χ4n) is 1.84. The fraction of sp³-hybridized carbons (Fsp3) is 0.267. The zero-order valence-corrected chi connectivity index (χ0v) is 11.7. The van der Waals surface area contributed by atoms with Gasteiger partial charge in [0.1, 0.15) is 12.3 Å². The molecule has 6 heteroatoms. The molecule has 1 aromatic heterocycles. The minimum absolute atomic E-state index is 0.104. The first kappa shape index (κ1) is 14.6. The average molecular weight is 284 g/mol. The van der Waals surface area contributed by atoms with E-state index in [1.54, 1.807) is 19.4 Å². The molecule has 0 spiro atoms. The summed E-state index contributed by atoms with van der Waals surface area (Å²) in [5, 5.41) is 15.3. The number of hydrogen-bond acceptors (Lipinski definition) is 4. The molecule has 108 valence electrons. The molecule has 21 heavy (non-hydrogen) atoms. The van der Waals surface area contributed by atoms with Gasteiger partial charge in [-0.2, -0.15) is 10.4 Å². The van der Waals surface area contributed by atoms with Crippen molar-refractivity contribution in [3.05, 3.63) is 42.1 Å². The van der Waals surface area contributed by atoms with Crippen molar-refractivity contribution in [2.24, 2.45) is 0 Å². The van der Waals surface area contributed by atoms with Crippen LogP contribution in [-0.2, 0) is 17.8 Å². The maximum atomic E-state index is 11.8. The monoisotopic (exact) mass is 284 g/mol. The minimum Gasteiger partial charge on any atom is -0.497 e. The highest BCUT2D eigenvalue weighted by molar-refractivity contribution is 5.89. The van der Waals surface area contributed by atoms with Crippen molar-refractivity contribution in [1.29, 1.82) is 5.26 Å². The highest BCUT2D eigenvalue weighted by atomic mass is 16.5. The lowest BCUT2D eigenvalue weighted by Crippen LogP contribution is -2.13. The number of anilines is 1. The van der Waals surface area contributed by atoms with Gasteiger partial charge < -0.3 is 10.1 Å². The molecule has 2 aromatic rings. The molecule has 0 aliphatic carbocycles. The van der Waals surface area contributed by atoms with Gasteiger partial charge in [0, 0.05) is 18.7 Å². The Morgan fingerprint density at radius 1 is 1.38 bits per heavy atom. The largest absolute Gasteiger partial charge is 0.497 e. The van der Waals surface area contributed by atoms with Gasteiger partial charge in [-0.3, -0.25) is 9.48 Å². The van der Waals surface area contributed by atoms with Crippen molar-refractivity contribution in [2.45, 2.75) is 19.4 Å². The number of nitriles is 1. The Labute approximate surface area is 123 Å². The van der Waals surface area contributed by atoms with Crippen LogP contribution in [0.1, 0.15) is 12.0 Å². The molecule has 0 fully saturated rings. The van der Waals surface area contributed by atoms with Gasteiger partial charge in [0.15, 0.2) is 5.82 Å². The number of amides is 1. The van der Waals surface area contributed by atoms with Gasteiger partial charge in [-0.05, 0) is 24.1 Å². The quantitative estimate of drug-likeness (QED) is 0.879. The first-order valence-corrected chi connectivity index (χ1v) is 6.54. The van der Waals surface area contributed by atoms with E-state index in [1.165, 1.54) is 4.68 Å². The summed E-state index contributed by atoms with van der Waals surface area (Å²) in [6.07, 6.45) is 2.68. The third kappa shape index (κ3) is 4.35. The number of aromatic nitrogens is 2. The van der Waals surface area contributed by atoms with Crippen LogP contribution in [0, 0.1) is 11.3 Å². The Morgan fingerprint density at radius 3 is 2.81 bits per heavy atom. The topological polar surface area (TPSA) is 79.9 Å². The standard InChI is InChI=1S/C15H16N4O2/c1-21-13-5-2-12(3-6-13)4-7-15(20)17-14-8-10-19(18-14)11-9-16/h2-3,5-6,8,10H,4,7,11H2,1H3,(H,17,18,20). The van der Waals surface area contributed by atoms with Crippen molar-refractivity contribution < 1.29 is 9.53 Å². The molecule has 1 N–H and O–H groups in total. The SMILES string of the molecule is COc1ccc(CCC(=O)Nc2ccn(CC#N)n2)cc1. The lowest BCUT2D eigenvalue weighted by Gasteiger charge is -2.04. The van der Waals surface area contributed by atoms with Gasteiger partial charge in [-0.1, -0.05) is 12.1 Å². The summed E-state index contributed by atoms with van der Waals surface area (Å²) in [6, 6.07) is 11.3. The lowest BCUT2D eigenvalue weighted by atomic mass is 10.1. The molecule has 0 radical (unpaired) electrons. The number of benzene rings is 1. The number of nitrogens with zero attached hydrogens (tertiary/aromatic N) is 3. The number of carbonyl (C=O) groups excluding carboxylic acids is 1. The predicted octanol–water partition coefficient (Wildman–Crippen LogP) is 1.99. The number of hydrogen-bond donors (Lipinski definition) is 1. The van der Waals surface area contributed by atoms with E-state index in [0.717, 1.165) is 11.3 Å². The maximum Gasteiger partial charge on any atom is 0.225 e. The summed E-state index contributed by atoms with van der Waals surface area (Å²) >= 11 is 0. The zero-order valence-electron chi connectivity index (χ0n) is 11.7. The first-order chi connectivity index (χ1) is 10.2. The van der Waals surface area contributed by atoms with Crippen LogP contribution in [0.5, 0.6) is 5.75 Å². The second-order valence-electron chi connectivity index (χ2n) is 4.45. The molecule has 0 aliphatic rings. The van der Waals surface area contributed by atoms with Crippen molar-refractivity contribution in [2.75, 3.05) is 12.4 Å². The Balaban J connectivity index is 1.82. The Hall–Kier alpha value is -2.81. The second-order valence-corrected chi connectivity index (χ2v) is 4.45. The Morgan fingerprint density at radius 2 is 2.14 bits per heavy atom. The number of aryl methyl sites for hydroxylation is 1. The molecule has 0 saturated carbocycles. The van der Waals surface area contributed by atoms with E-state index < -0.39 is 0 Å². The van der Waals surface area contributed by atoms with Gasteiger partial charge in [0.2, 0.25) is 5.91 Å². The molecule has 6 nitrogen and oxygen atoms in total. The van der Waals surface area contributed by atoms with Gasteiger partial charge >= 0.3 is 0 Å². The Kier molecular flexibility index (Phi) is 4.94. The smallest absolute Gasteiger partial charge is 0.225 e. The third-order valence-electron chi connectivity index (χ3n) is 2.94. The van der Waals surface area contributed by atoms with Crippen LogP contribution in [0.2, 0.25) is 0 Å². The van der Waals surface area contributed by atoms with Crippen molar-refractivity contribution in [3.63, 3.8) is 0 Å². The van der Waals surface area contributed by atoms with Crippen LogP contribution in [-0.4, -0.2) is 22.8 Å². The van der Waals surface area contributed by atoms with Crippen LogP contribution >= 0.6 is 0 Å². The molecule has 0 saturated heterocycles. The number of carbonyl (C=O) groups is 1. The van der Waals surface area contributed by atoms with Gasteiger partial charge in [0.25, 0.3) is 0 Å². The number of nitrogens with one attached hydrogen (secondary N) is 1. The number of ether oxygens (including phenoxy) is 1. The molecule has 2 rings (SSSR count). The molecule has 1 heterocycles. The van der Waals surface area contributed by atoms with Crippen LogP contribution in [0.3, 0.4) is 0 Å². The van der Waals surface area contributed by atoms with E-state index >= 15 is 0 Å². The van der Waals surface area contributed by atoms with E-state index in [0.29, 0.717) is 18.7 Å². The summed E-state index contributed by atoms with van der Waals surface area (Å²) in [7, 11) is 1.62. The molecule has 0 unspecified atom stereocenters. The maximum absolute atomic E-state index is 11.8. The number of rotatable bonds is 6. The summed E-state index contributed by atoms with van der Waals surface area (Å²) in [4.78, 5) is 11.8. The first-order valence-electron chi connectivity index (χ1n) is 6.54. The van der Waals surface area contributed by atoms with Crippen LogP contribution in [0.15, 0.2) is 36.5 Å². The Bertz CT molecular complexity index is 640. The summed E-state index contributed by atoms with van der Waals surface area (Å²) in [5.41, 5.74) is 1.07. The van der Waals surface area contributed by atoms with Gasteiger partial charge in [-0.15, -0.1) is 0 Å². The van der Waals surface area contributed by atoms with E-state index in [2.05, 4.69) is 10.4 Å². The molecule has 1 aromatic carbocycles. The second kappa shape index (κ2) is 7.10. The van der Waals surface area contributed by atoms with Crippen LogP contribution in [0.4, 0.5) is 5.82 Å². The highest BCUT2D eigenvalue weighted by Crippen LogP contribution is 2.13. The third-order valence-corrected chi connectivity index (χ3v) is 2.94. The van der Waals surface area contributed by atoms with E-state index in [9.17, 15) is 4.79 Å². The van der Waals surface area contributed by atoms with Crippen molar-refractivity contribution in [3.8, 4) is 11.8 Å². The van der Waals surface area contributed by atoms with Crippen molar-refractivity contribution in [1.82, 2.24) is 9.78 Å². The van der Waals surface area contributed by atoms with Gasteiger partial charge in [-0.25, -0.2) is 0 Å². The lowest BCUT2D eigenvalue weighted by molar-refractivity contribution is -0.116. The predicted molar refractivity (Wildman–Crippen MR) is 77.8 cm³/mol. The average Bonchev–Trinajstić information content (AvgIpc) is 2.93. The molecular weight excluding hydrogens is 268 g/mol. The summed E-state index contributed by atoms with van der Waals surface area (Å²) < 4.78 is 6.55. The molecule has 0 bridgehead atoms. The molecule has 1 amide bonds. The molecule has 0 atom stereocenters. The minimum atomic E-state index is -0.104. The summed E-state index contributed by atoms with van der Waals surface area (Å²) in [6.45, 7) is 0.168. The van der Waals surface area contributed by atoms with E-state index in [-0.39, 0.29) is 12.5 Å². The summed E-state index contributed by atoms with van der Waals surface area (Å²) in [5.74, 6) is 1.16. The fourth-order valence-corrected chi connectivity index (χ4v) is 1.84. The molecular formula is C15H16N4O2. The molecule has 0 aliphatic heterocycles. The normalized spacial score (nSPS) is 9.90. The van der Waals surface area contributed by atoms with Crippen LogP contribution in [0.25, 0.3) is 0 Å². The zero-order chi connectivity index (χ0) is 15.1. The highest BCUT2D eigenvalue weighted by Gasteiger charge is 2.05.